The lowest BCUT2D eigenvalue weighted by molar-refractivity contribution is 0.175. The van der Waals surface area contributed by atoms with Crippen molar-refractivity contribution in [3.8, 4) is 5.75 Å². The predicted molar refractivity (Wildman–Crippen MR) is 64.8 cm³/mol. The number of ether oxygens (including phenoxy) is 1. The van der Waals surface area contributed by atoms with Crippen LogP contribution in [0.2, 0.25) is 0 Å². The van der Waals surface area contributed by atoms with Gasteiger partial charge in [-0.1, -0.05) is 19.1 Å². The SMILES string of the molecule is CCOc1cccc(C2(C)CCC(O)C2)c1. The van der Waals surface area contributed by atoms with Gasteiger partial charge in [0.2, 0.25) is 0 Å². The molecule has 1 aliphatic rings. The van der Waals surface area contributed by atoms with Gasteiger partial charge in [0.15, 0.2) is 0 Å². The van der Waals surface area contributed by atoms with Crippen LogP contribution in [-0.4, -0.2) is 17.8 Å². The second kappa shape index (κ2) is 4.46. The zero-order valence-corrected chi connectivity index (χ0v) is 10.1. The molecule has 1 aromatic carbocycles. The quantitative estimate of drug-likeness (QED) is 0.848. The molecule has 2 atom stereocenters. The van der Waals surface area contributed by atoms with Crippen LogP contribution >= 0.6 is 0 Å². The maximum Gasteiger partial charge on any atom is 0.119 e. The molecule has 2 nitrogen and oxygen atoms in total. The molecule has 1 saturated carbocycles. The van der Waals surface area contributed by atoms with E-state index in [-0.39, 0.29) is 11.5 Å². The van der Waals surface area contributed by atoms with Gasteiger partial charge < -0.3 is 9.84 Å². The summed E-state index contributed by atoms with van der Waals surface area (Å²) in [6.45, 7) is 4.92. The first-order valence-corrected chi connectivity index (χ1v) is 6.05. The van der Waals surface area contributed by atoms with Crippen LogP contribution in [0.3, 0.4) is 0 Å². The van der Waals surface area contributed by atoms with Crippen molar-refractivity contribution < 1.29 is 9.84 Å². The number of aliphatic hydroxyl groups excluding tert-OH is 1. The van der Waals surface area contributed by atoms with Gasteiger partial charge in [-0.15, -0.1) is 0 Å². The van der Waals surface area contributed by atoms with Gasteiger partial charge in [-0.3, -0.25) is 0 Å². The molecule has 16 heavy (non-hydrogen) atoms. The Morgan fingerprint density at radius 1 is 1.50 bits per heavy atom. The molecule has 2 rings (SSSR count). The first-order valence-electron chi connectivity index (χ1n) is 6.05. The van der Waals surface area contributed by atoms with Crippen molar-refractivity contribution >= 4 is 0 Å². The molecular weight excluding hydrogens is 200 g/mol. The Balaban J connectivity index is 2.22. The standard InChI is InChI=1S/C14H20O2/c1-3-16-13-6-4-5-11(9-13)14(2)8-7-12(15)10-14/h4-6,9,12,15H,3,7-8,10H2,1-2H3. The maximum atomic E-state index is 9.67. The molecule has 0 spiro atoms. The summed E-state index contributed by atoms with van der Waals surface area (Å²) in [5.74, 6) is 0.933. The van der Waals surface area contributed by atoms with Crippen LogP contribution in [0.5, 0.6) is 5.75 Å². The molecule has 2 heteroatoms. The van der Waals surface area contributed by atoms with Crippen LogP contribution in [-0.2, 0) is 5.41 Å². The van der Waals surface area contributed by atoms with Gasteiger partial charge in [0.1, 0.15) is 5.75 Å². The largest absolute Gasteiger partial charge is 0.494 e. The summed E-state index contributed by atoms with van der Waals surface area (Å²) in [7, 11) is 0. The molecule has 0 aromatic heterocycles. The monoisotopic (exact) mass is 220 g/mol. The van der Waals surface area contributed by atoms with E-state index in [0.717, 1.165) is 25.0 Å². The van der Waals surface area contributed by atoms with E-state index >= 15 is 0 Å². The third-order valence-electron chi connectivity index (χ3n) is 3.56. The molecule has 0 saturated heterocycles. The van der Waals surface area contributed by atoms with Gasteiger partial charge in [0.05, 0.1) is 12.7 Å². The maximum absolute atomic E-state index is 9.67. The molecular formula is C14H20O2. The van der Waals surface area contributed by atoms with Gasteiger partial charge in [-0.25, -0.2) is 0 Å². The van der Waals surface area contributed by atoms with E-state index in [1.54, 1.807) is 0 Å². The Labute approximate surface area is 97.3 Å². The van der Waals surface area contributed by atoms with Crippen molar-refractivity contribution in [2.45, 2.75) is 44.6 Å². The van der Waals surface area contributed by atoms with Crippen molar-refractivity contribution in [1.29, 1.82) is 0 Å². The van der Waals surface area contributed by atoms with Crippen molar-refractivity contribution in [2.75, 3.05) is 6.61 Å². The lowest BCUT2D eigenvalue weighted by Gasteiger charge is -2.24. The number of hydrogen-bond donors (Lipinski definition) is 1. The van der Waals surface area contributed by atoms with Gasteiger partial charge in [0, 0.05) is 0 Å². The molecule has 1 N–H and O–H groups in total. The Morgan fingerprint density at radius 3 is 2.94 bits per heavy atom. The highest BCUT2D eigenvalue weighted by atomic mass is 16.5. The van der Waals surface area contributed by atoms with E-state index in [4.69, 9.17) is 4.74 Å². The third-order valence-corrected chi connectivity index (χ3v) is 3.56. The van der Waals surface area contributed by atoms with E-state index in [0.29, 0.717) is 6.61 Å². The highest BCUT2D eigenvalue weighted by Crippen LogP contribution is 2.41. The number of hydrogen-bond acceptors (Lipinski definition) is 2. The van der Waals surface area contributed by atoms with E-state index in [2.05, 4.69) is 19.1 Å². The summed E-state index contributed by atoms with van der Waals surface area (Å²) in [6, 6.07) is 8.28. The zero-order chi connectivity index (χ0) is 11.6. The lowest BCUT2D eigenvalue weighted by Crippen LogP contribution is -2.18. The fraction of sp³-hybridized carbons (Fsp3) is 0.571. The minimum atomic E-state index is -0.138. The Kier molecular flexibility index (Phi) is 3.20. The van der Waals surface area contributed by atoms with E-state index in [1.165, 1.54) is 5.56 Å². The second-order valence-corrected chi connectivity index (χ2v) is 4.92. The highest BCUT2D eigenvalue weighted by Gasteiger charge is 2.35. The molecule has 1 aliphatic carbocycles. The van der Waals surface area contributed by atoms with Crippen LogP contribution in [0.4, 0.5) is 0 Å². The Hall–Kier alpha value is -1.02. The van der Waals surface area contributed by atoms with Gasteiger partial charge in [-0.05, 0) is 49.3 Å². The Bertz CT molecular complexity index is 362. The zero-order valence-electron chi connectivity index (χ0n) is 10.1. The number of benzene rings is 1. The molecule has 0 amide bonds. The van der Waals surface area contributed by atoms with E-state index in [1.807, 2.05) is 19.1 Å². The summed E-state index contributed by atoms with van der Waals surface area (Å²) >= 11 is 0. The summed E-state index contributed by atoms with van der Waals surface area (Å²) in [5.41, 5.74) is 1.40. The topological polar surface area (TPSA) is 29.5 Å². The lowest BCUT2D eigenvalue weighted by atomic mass is 9.81. The molecule has 0 heterocycles. The summed E-state index contributed by atoms with van der Waals surface area (Å²) in [4.78, 5) is 0. The fourth-order valence-corrected chi connectivity index (χ4v) is 2.60. The molecule has 0 radical (unpaired) electrons. The van der Waals surface area contributed by atoms with Crippen LogP contribution in [0.25, 0.3) is 0 Å². The minimum Gasteiger partial charge on any atom is -0.494 e. The van der Waals surface area contributed by atoms with Crippen molar-refractivity contribution in [1.82, 2.24) is 0 Å². The van der Waals surface area contributed by atoms with Crippen LogP contribution in [0.15, 0.2) is 24.3 Å². The second-order valence-electron chi connectivity index (χ2n) is 4.92. The van der Waals surface area contributed by atoms with E-state index in [9.17, 15) is 5.11 Å². The van der Waals surface area contributed by atoms with Gasteiger partial charge in [-0.2, -0.15) is 0 Å². The first-order chi connectivity index (χ1) is 7.64. The first kappa shape index (κ1) is 11.5. The van der Waals surface area contributed by atoms with Crippen LogP contribution in [0.1, 0.15) is 38.7 Å². The average Bonchev–Trinajstić information content (AvgIpc) is 2.61. The van der Waals surface area contributed by atoms with Gasteiger partial charge >= 0.3 is 0 Å². The van der Waals surface area contributed by atoms with Crippen molar-refractivity contribution in [3.05, 3.63) is 29.8 Å². The molecule has 1 fully saturated rings. The Morgan fingerprint density at radius 2 is 2.31 bits per heavy atom. The van der Waals surface area contributed by atoms with Crippen LogP contribution < -0.4 is 4.74 Å². The van der Waals surface area contributed by atoms with Crippen molar-refractivity contribution in [3.63, 3.8) is 0 Å². The molecule has 0 aliphatic heterocycles. The summed E-state index contributed by atoms with van der Waals surface area (Å²) in [6.07, 6.45) is 2.70. The molecule has 0 bridgehead atoms. The molecule has 88 valence electrons. The molecule has 2 unspecified atom stereocenters. The average molecular weight is 220 g/mol. The highest BCUT2D eigenvalue weighted by molar-refractivity contribution is 5.34. The minimum absolute atomic E-state index is 0.118. The predicted octanol–water partition coefficient (Wildman–Crippen LogP) is 2.89. The van der Waals surface area contributed by atoms with Crippen molar-refractivity contribution in [2.24, 2.45) is 0 Å². The smallest absolute Gasteiger partial charge is 0.119 e. The number of aliphatic hydroxyl groups is 1. The van der Waals surface area contributed by atoms with Gasteiger partial charge in [0.25, 0.3) is 0 Å². The normalized spacial score (nSPS) is 29.3. The summed E-state index contributed by atoms with van der Waals surface area (Å²) in [5, 5.41) is 9.67. The summed E-state index contributed by atoms with van der Waals surface area (Å²) < 4.78 is 5.52. The third kappa shape index (κ3) is 2.22. The number of rotatable bonds is 3. The fourth-order valence-electron chi connectivity index (χ4n) is 2.60. The van der Waals surface area contributed by atoms with E-state index < -0.39 is 0 Å². The molecule has 1 aromatic rings. The van der Waals surface area contributed by atoms with Crippen LogP contribution in [0, 0.1) is 0 Å².